The fourth-order valence-corrected chi connectivity index (χ4v) is 2.27. The van der Waals surface area contributed by atoms with Crippen LogP contribution in [0.5, 0.6) is 0 Å². The molecule has 0 saturated carbocycles. The van der Waals surface area contributed by atoms with E-state index in [1.807, 2.05) is 18.0 Å². The van der Waals surface area contributed by atoms with Crippen molar-refractivity contribution < 1.29 is 0 Å². The molecule has 1 atom stereocenters. The summed E-state index contributed by atoms with van der Waals surface area (Å²) >= 11 is 1.92. The third kappa shape index (κ3) is 4.88. The second-order valence-corrected chi connectivity index (χ2v) is 5.22. The first kappa shape index (κ1) is 13.4. The van der Waals surface area contributed by atoms with E-state index in [1.165, 1.54) is 17.1 Å². The van der Waals surface area contributed by atoms with E-state index in [4.69, 9.17) is 0 Å². The van der Waals surface area contributed by atoms with Crippen molar-refractivity contribution in [2.45, 2.75) is 38.5 Å². The van der Waals surface area contributed by atoms with Gasteiger partial charge in [-0.1, -0.05) is 27.2 Å². The van der Waals surface area contributed by atoms with E-state index in [0.29, 0.717) is 0 Å². The highest BCUT2D eigenvalue weighted by Gasteiger charge is 2.01. The Hall–Kier alpha value is -0.700. The predicted molar refractivity (Wildman–Crippen MR) is 73.2 cm³/mol. The summed E-state index contributed by atoms with van der Waals surface area (Å²) in [6.07, 6.45) is 4.27. The van der Waals surface area contributed by atoms with Crippen LogP contribution in [0.4, 0.5) is 5.82 Å². The maximum absolute atomic E-state index is 4.30. The summed E-state index contributed by atoms with van der Waals surface area (Å²) in [6.45, 7) is 7.69. The molecule has 0 aliphatic rings. The molecule has 2 nitrogen and oxygen atoms in total. The lowest BCUT2D eigenvalue weighted by molar-refractivity contribution is 0.637. The Balaban J connectivity index is 2.46. The normalized spacial score (nSPS) is 12.4. The summed E-state index contributed by atoms with van der Waals surface area (Å²) in [5.74, 6) is 2.97. The molecule has 0 spiro atoms. The second kappa shape index (κ2) is 7.55. The molecule has 0 fully saturated rings. The maximum Gasteiger partial charge on any atom is 0.126 e. The lowest BCUT2D eigenvalue weighted by atomic mass is 10.2. The molecule has 1 aromatic rings. The minimum atomic E-state index is 0.783. The molecule has 0 aliphatic heterocycles. The van der Waals surface area contributed by atoms with Gasteiger partial charge in [0.25, 0.3) is 0 Å². The molecule has 16 heavy (non-hydrogen) atoms. The van der Waals surface area contributed by atoms with Crippen molar-refractivity contribution >= 4 is 17.6 Å². The van der Waals surface area contributed by atoms with Gasteiger partial charge >= 0.3 is 0 Å². The molecular weight excluding hydrogens is 216 g/mol. The number of hydrogen-bond donors (Lipinski definition) is 1. The zero-order valence-corrected chi connectivity index (χ0v) is 11.3. The van der Waals surface area contributed by atoms with Crippen LogP contribution in [0.1, 0.15) is 33.6 Å². The standard InChI is InChI=1S/C13H22N2S/c1-4-7-14-13-9-12(6-8-15-13)16-10-11(3)5-2/h6,8-9,11H,4-5,7,10H2,1-3H3,(H,14,15). The van der Waals surface area contributed by atoms with E-state index in [2.05, 4.69) is 43.2 Å². The zero-order valence-electron chi connectivity index (χ0n) is 10.5. The second-order valence-electron chi connectivity index (χ2n) is 4.13. The number of rotatable bonds is 7. The van der Waals surface area contributed by atoms with Gasteiger partial charge in [-0.15, -0.1) is 11.8 Å². The molecule has 1 aromatic heterocycles. The molecule has 1 unspecified atom stereocenters. The SMILES string of the molecule is CCCNc1cc(SCC(C)CC)ccn1. The van der Waals surface area contributed by atoms with Gasteiger partial charge in [0.1, 0.15) is 5.82 Å². The predicted octanol–water partition coefficient (Wildman–Crippen LogP) is 4.04. The Kier molecular flexibility index (Phi) is 6.31. The van der Waals surface area contributed by atoms with Crippen molar-refractivity contribution in [3.8, 4) is 0 Å². The van der Waals surface area contributed by atoms with Crippen molar-refractivity contribution in [1.82, 2.24) is 4.98 Å². The number of nitrogens with one attached hydrogen (secondary N) is 1. The topological polar surface area (TPSA) is 24.9 Å². The first-order valence-corrected chi connectivity index (χ1v) is 7.07. The number of anilines is 1. The van der Waals surface area contributed by atoms with E-state index in [-0.39, 0.29) is 0 Å². The van der Waals surface area contributed by atoms with Gasteiger partial charge < -0.3 is 5.32 Å². The molecule has 0 saturated heterocycles. The van der Waals surface area contributed by atoms with Gasteiger partial charge in [-0.2, -0.15) is 0 Å². The Morgan fingerprint density at radius 3 is 2.94 bits per heavy atom. The van der Waals surface area contributed by atoms with Crippen LogP contribution in [0.15, 0.2) is 23.2 Å². The highest BCUT2D eigenvalue weighted by molar-refractivity contribution is 7.99. The van der Waals surface area contributed by atoms with Crippen molar-refractivity contribution in [2.75, 3.05) is 17.6 Å². The Labute approximate surface area is 103 Å². The van der Waals surface area contributed by atoms with E-state index < -0.39 is 0 Å². The Morgan fingerprint density at radius 2 is 2.25 bits per heavy atom. The largest absolute Gasteiger partial charge is 0.370 e. The first-order chi connectivity index (χ1) is 7.76. The van der Waals surface area contributed by atoms with Gasteiger partial charge in [-0.25, -0.2) is 4.98 Å². The minimum Gasteiger partial charge on any atom is -0.370 e. The van der Waals surface area contributed by atoms with E-state index >= 15 is 0 Å². The number of hydrogen-bond acceptors (Lipinski definition) is 3. The highest BCUT2D eigenvalue weighted by atomic mass is 32.2. The van der Waals surface area contributed by atoms with Gasteiger partial charge in [0.2, 0.25) is 0 Å². The van der Waals surface area contributed by atoms with Crippen LogP contribution < -0.4 is 5.32 Å². The minimum absolute atomic E-state index is 0.783. The molecule has 0 radical (unpaired) electrons. The summed E-state index contributed by atoms with van der Waals surface area (Å²) < 4.78 is 0. The highest BCUT2D eigenvalue weighted by Crippen LogP contribution is 2.23. The first-order valence-electron chi connectivity index (χ1n) is 6.09. The van der Waals surface area contributed by atoms with Crippen molar-refractivity contribution in [1.29, 1.82) is 0 Å². The molecule has 0 aliphatic carbocycles. The van der Waals surface area contributed by atoms with Crippen LogP contribution in [0.25, 0.3) is 0 Å². The molecule has 1 heterocycles. The number of nitrogens with zero attached hydrogens (tertiary/aromatic N) is 1. The van der Waals surface area contributed by atoms with E-state index in [0.717, 1.165) is 24.7 Å². The van der Waals surface area contributed by atoms with Crippen LogP contribution in [0.2, 0.25) is 0 Å². The molecule has 1 N–H and O–H groups in total. The Morgan fingerprint density at radius 1 is 1.44 bits per heavy atom. The summed E-state index contributed by atoms with van der Waals surface area (Å²) in [6, 6.07) is 4.23. The molecule has 0 bridgehead atoms. The van der Waals surface area contributed by atoms with Crippen LogP contribution in [-0.2, 0) is 0 Å². The molecule has 0 amide bonds. The number of pyridine rings is 1. The molecule has 1 rings (SSSR count). The van der Waals surface area contributed by atoms with Gasteiger partial charge in [-0.3, -0.25) is 0 Å². The van der Waals surface area contributed by atoms with Crippen LogP contribution >= 0.6 is 11.8 Å². The average Bonchev–Trinajstić information content (AvgIpc) is 2.34. The van der Waals surface area contributed by atoms with Crippen LogP contribution in [-0.4, -0.2) is 17.3 Å². The summed E-state index contributed by atoms with van der Waals surface area (Å²) in [5, 5.41) is 3.31. The quantitative estimate of drug-likeness (QED) is 0.726. The summed E-state index contributed by atoms with van der Waals surface area (Å²) in [4.78, 5) is 5.61. The Bertz CT molecular complexity index is 302. The molecular formula is C13H22N2S. The smallest absolute Gasteiger partial charge is 0.126 e. The van der Waals surface area contributed by atoms with Crippen LogP contribution in [0.3, 0.4) is 0 Å². The fraction of sp³-hybridized carbons (Fsp3) is 0.615. The fourth-order valence-electron chi connectivity index (χ4n) is 1.21. The van der Waals surface area contributed by atoms with Gasteiger partial charge in [0.05, 0.1) is 0 Å². The lowest BCUT2D eigenvalue weighted by Crippen LogP contribution is -2.01. The maximum atomic E-state index is 4.30. The van der Waals surface area contributed by atoms with E-state index in [9.17, 15) is 0 Å². The van der Waals surface area contributed by atoms with Crippen molar-refractivity contribution in [3.05, 3.63) is 18.3 Å². The van der Waals surface area contributed by atoms with Crippen molar-refractivity contribution in [2.24, 2.45) is 5.92 Å². The lowest BCUT2D eigenvalue weighted by Gasteiger charge is -2.09. The number of thioether (sulfide) groups is 1. The molecule has 90 valence electrons. The third-order valence-corrected chi connectivity index (χ3v) is 3.84. The van der Waals surface area contributed by atoms with Crippen molar-refractivity contribution in [3.63, 3.8) is 0 Å². The summed E-state index contributed by atoms with van der Waals surface area (Å²) in [5.41, 5.74) is 0. The summed E-state index contributed by atoms with van der Waals surface area (Å²) in [7, 11) is 0. The van der Waals surface area contributed by atoms with Gasteiger partial charge in [0, 0.05) is 23.4 Å². The van der Waals surface area contributed by atoms with Crippen LogP contribution in [0, 0.1) is 5.92 Å². The number of aromatic nitrogens is 1. The molecule has 0 aromatic carbocycles. The van der Waals surface area contributed by atoms with Gasteiger partial charge in [-0.05, 0) is 24.5 Å². The van der Waals surface area contributed by atoms with E-state index in [1.54, 1.807) is 0 Å². The monoisotopic (exact) mass is 238 g/mol. The van der Waals surface area contributed by atoms with Gasteiger partial charge in [0.15, 0.2) is 0 Å². The average molecular weight is 238 g/mol. The zero-order chi connectivity index (χ0) is 11.8. The molecule has 3 heteroatoms. The third-order valence-electron chi connectivity index (χ3n) is 2.52.